The molecule has 1 saturated carbocycles. The van der Waals surface area contributed by atoms with Crippen LogP contribution >= 0.6 is 8.03 Å². The Kier molecular flexibility index (Phi) is 11.5. The molecule has 1 aromatic carbocycles. The summed E-state index contributed by atoms with van der Waals surface area (Å²) in [5.41, 5.74) is 6.39. The van der Waals surface area contributed by atoms with E-state index in [1.54, 1.807) is 0 Å². The third kappa shape index (κ3) is 9.20. The first kappa shape index (κ1) is 27.5. The number of amides is 2. The number of hydrogen-bond acceptors (Lipinski definition) is 5. The number of aliphatic hydroxyl groups excluding tert-OH is 1. The summed E-state index contributed by atoms with van der Waals surface area (Å²) < 4.78 is 12.0. The highest BCUT2D eigenvalue weighted by atomic mass is 31.1. The molecule has 5 atom stereocenters. The smallest absolute Gasteiger partial charge is 0.243 e. The molecule has 1 fully saturated rings. The molecule has 8 nitrogen and oxygen atoms in total. The number of nitrogens with two attached hydrogens (primary N) is 1. The predicted octanol–water partition coefficient (Wildman–Crippen LogP) is 1.98. The normalized spacial score (nSPS) is 19.3. The van der Waals surface area contributed by atoms with Gasteiger partial charge in [-0.25, -0.2) is 0 Å². The number of hydrogen-bond donors (Lipinski definition) is 5. The van der Waals surface area contributed by atoms with Crippen molar-refractivity contribution in [1.82, 2.24) is 10.6 Å². The van der Waals surface area contributed by atoms with E-state index in [9.17, 15) is 24.2 Å². The third-order valence-corrected chi connectivity index (χ3v) is 7.85. The van der Waals surface area contributed by atoms with Crippen LogP contribution in [0.1, 0.15) is 57.9 Å². The van der Waals surface area contributed by atoms with Crippen LogP contribution in [-0.2, 0) is 20.6 Å². The van der Waals surface area contributed by atoms with E-state index in [1.807, 2.05) is 44.2 Å². The highest BCUT2D eigenvalue weighted by Gasteiger charge is 2.30. The van der Waals surface area contributed by atoms with Crippen LogP contribution in [0.15, 0.2) is 30.3 Å². The molecule has 0 bridgehead atoms. The Bertz CT molecular complexity index is 771. The van der Waals surface area contributed by atoms with Gasteiger partial charge in [-0.2, -0.15) is 0 Å². The summed E-state index contributed by atoms with van der Waals surface area (Å²) >= 11 is 0. The molecule has 1 aromatic rings. The van der Waals surface area contributed by atoms with E-state index in [0.717, 1.165) is 37.7 Å². The van der Waals surface area contributed by atoms with Gasteiger partial charge in [-0.05, 0) is 36.7 Å². The van der Waals surface area contributed by atoms with Crippen molar-refractivity contribution in [2.75, 3.05) is 6.54 Å². The first-order chi connectivity index (χ1) is 15.7. The molecule has 0 saturated heterocycles. The summed E-state index contributed by atoms with van der Waals surface area (Å²) in [5.74, 6) is -0.764. The van der Waals surface area contributed by atoms with Gasteiger partial charge in [-0.15, -0.1) is 0 Å². The Morgan fingerprint density at radius 1 is 1.12 bits per heavy atom. The van der Waals surface area contributed by atoms with Crippen molar-refractivity contribution in [3.8, 4) is 0 Å². The average Bonchev–Trinajstić information content (AvgIpc) is 2.80. The van der Waals surface area contributed by atoms with Crippen molar-refractivity contribution in [2.24, 2.45) is 17.6 Å². The maximum Gasteiger partial charge on any atom is 0.243 e. The Balaban J connectivity index is 1.98. The van der Waals surface area contributed by atoms with E-state index in [-0.39, 0.29) is 31.2 Å². The largest absolute Gasteiger partial charge is 0.391 e. The van der Waals surface area contributed by atoms with Gasteiger partial charge in [0.15, 0.2) is 8.03 Å². The minimum Gasteiger partial charge on any atom is -0.391 e. The summed E-state index contributed by atoms with van der Waals surface area (Å²) in [6, 6.07) is 7.76. The van der Waals surface area contributed by atoms with E-state index in [4.69, 9.17) is 5.73 Å². The molecule has 1 aliphatic carbocycles. The maximum absolute atomic E-state index is 12.9. The average molecular weight is 482 g/mol. The van der Waals surface area contributed by atoms with Gasteiger partial charge in [0.2, 0.25) is 11.8 Å². The lowest BCUT2D eigenvalue weighted by Crippen LogP contribution is -2.54. The summed E-state index contributed by atoms with van der Waals surface area (Å²) in [7, 11) is -2.79. The lowest BCUT2D eigenvalue weighted by molar-refractivity contribution is -0.130. The van der Waals surface area contributed by atoms with E-state index in [1.165, 1.54) is 0 Å². The molecule has 0 heterocycles. The van der Waals surface area contributed by atoms with Crippen LogP contribution in [0.25, 0.3) is 0 Å². The van der Waals surface area contributed by atoms with Crippen LogP contribution < -0.4 is 16.4 Å². The maximum atomic E-state index is 12.9. The quantitative estimate of drug-likeness (QED) is 0.289. The summed E-state index contributed by atoms with van der Waals surface area (Å²) in [6.45, 7) is 3.62. The molecule has 0 aromatic heterocycles. The number of benzene rings is 1. The van der Waals surface area contributed by atoms with Crippen molar-refractivity contribution >= 4 is 19.8 Å². The van der Waals surface area contributed by atoms with Crippen molar-refractivity contribution in [1.29, 1.82) is 0 Å². The van der Waals surface area contributed by atoms with Gasteiger partial charge in [0.05, 0.1) is 12.1 Å². The summed E-state index contributed by atoms with van der Waals surface area (Å²) in [6.07, 6.45) is 4.56. The number of carbonyl (C=O) groups is 2. The first-order valence-electron chi connectivity index (χ1n) is 12.0. The van der Waals surface area contributed by atoms with E-state index < -0.39 is 43.7 Å². The lowest BCUT2D eigenvalue weighted by atomic mass is 9.85. The predicted molar refractivity (Wildman–Crippen MR) is 130 cm³/mol. The molecule has 186 valence electrons. The van der Waals surface area contributed by atoms with Gasteiger partial charge in [0, 0.05) is 18.6 Å². The Labute approximate surface area is 197 Å². The highest BCUT2D eigenvalue weighted by Crippen LogP contribution is 2.40. The molecular formula is C24H40N3O5P. The first-order valence-corrected chi connectivity index (χ1v) is 13.4. The van der Waals surface area contributed by atoms with Gasteiger partial charge in [-0.1, -0.05) is 63.4 Å². The second kappa shape index (κ2) is 13.9. The number of carbonyl (C=O) groups excluding carboxylic acids is 2. The zero-order valence-corrected chi connectivity index (χ0v) is 20.7. The summed E-state index contributed by atoms with van der Waals surface area (Å²) in [4.78, 5) is 35.2. The molecule has 33 heavy (non-hydrogen) atoms. The third-order valence-electron chi connectivity index (χ3n) is 6.51. The number of aliphatic hydroxyl groups is 1. The minimum absolute atomic E-state index is 0.0470. The Morgan fingerprint density at radius 2 is 1.76 bits per heavy atom. The fourth-order valence-corrected chi connectivity index (χ4v) is 5.59. The van der Waals surface area contributed by atoms with Crippen LogP contribution in [0.4, 0.5) is 0 Å². The van der Waals surface area contributed by atoms with Gasteiger partial charge >= 0.3 is 0 Å². The molecule has 0 spiro atoms. The molecule has 2 unspecified atom stereocenters. The lowest BCUT2D eigenvalue weighted by Gasteiger charge is -2.30. The van der Waals surface area contributed by atoms with Crippen LogP contribution in [0.2, 0.25) is 0 Å². The van der Waals surface area contributed by atoms with Crippen molar-refractivity contribution < 1.29 is 24.2 Å². The van der Waals surface area contributed by atoms with E-state index in [2.05, 4.69) is 10.6 Å². The highest BCUT2D eigenvalue weighted by molar-refractivity contribution is 7.38. The molecule has 2 amide bonds. The van der Waals surface area contributed by atoms with E-state index >= 15 is 0 Å². The Morgan fingerprint density at radius 3 is 2.33 bits per heavy atom. The van der Waals surface area contributed by atoms with Crippen LogP contribution in [0.3, 0.4) is 0 Å². The van der Waals surface area contributed by atoms with Crippen molar-refractivity contribution in [3.63, 3.8) is 0 Å². The molecule has 0 radical (unpaired) electrons. The number of nitrogens with one attached hydrogen (secondary N) is 2. The van der Waals surface area contributed by atoms with Crippen LogP contribution in [0, 0.1) is 11.8 Å². The SMILES string of the molecule is CC(C)[C@H](N)C(=O)N[C@@H](Cc1ccccc1)C(=O)NC[C@H](O)CC(C1CCCCC1)[PH](=O)O. The fraction of sp³-hybridized carbons (Fsp3) is 0.667. The van der Waals surface area contributed by atoms with Crippen LogP contribution in [0.5, 0.6) is 0 Å². The molecular weight excluding hydrogens is 441 g/mol. The van der Waals surface area contributed by atoms with Crippen molar-refractivity contribution in [2.45, 2.75) is 82.6 Å². The van der Waals surface area contributed by atoms with Crippen molar-refractivity contribution in [3.05, 3.63) is 35.9 Å². The van der Waals surface area contributed by atoms with Gasteiger partial charge in [-0.3, -0.25) is 14.2 Å². The van der Waals surface area contributed by atoms with Crippen LogP contribution in [-0.4, -0.2) is 52.2 Å². The van der Waals surface area contributed by atoms with Gasteiger partial charge in [0.25, 0.3) is 0 Å². The zero-order valence-electron chi connectivity index (χ0n) is 19.7. The zero-order chi connectivity index (χ0) is 24.4. The molecule has 1 aliphatic rings. The topological polar surface area (TPSA) is 142 Å². The van der Waals surface area contributed by atoms with Gasteiger partial charge < -0.3 is 26.4 Å². The molecule has 0 aliphatic heterocycles. The minimum atomic E-state index is -2.79. The van der Waals surface area contributed by atoms with E-state index in [0.29, 0.717) is 0 Å². The monoisotopic (exact) mass is 481 g/mol. The Hall–Kier alpha value is -1.73. The second-order valence-corrected chi connectivity index (χ2v) is 10.9. The second-order valence-electron chi connectivity index (χ2n) is 9.50. The number of rotatable bonds is 12. The molecule has 6 N–H and O–H groups in total. The fourth-order valence-electron chi connectivity index (χ4n) is 4.38. The summed E-state index contributed by atoms with van der Waals surface area (Å²) in [5, 5.41) is 16.0. The molecule has 2 rings (SSSR count). The standard InChI is InChI=1S/C24H40N3O5P/c1-16(2)22(25)24(30)27-20(13-17-9-5-3-6-10-17)23(29)26-15-19(28)14-21(33(31)32)18-11-7-4-8-12-18/h3,5-6,9-10,16,18-22,28,33H,4,7-8,11-15,25H2,1-2H3,(H,26,29)(H,27,30)(H,31,32)/t19-,20+,21?,22+/m1/s1. The van der Waals surface area contributed by atoms with Gasteiger partial charge in [0.1, 0.15) is 6.04 Å². The molecule has 9 heteroatoms.